The first kappa shape index (κ1) is 18.4. The summed E-state index contributed by atoms with van der Waals surface area (Å²) in [5.74, 6) is 0.470. The van der Waals surface area contributed by atoms with Gasteiger partial charge in [-0.05, 0) is 31.4 Å². The second-order valence-electron chi connectivity index (χ2n) is 9.50. The highest BCUT2D eigenvalue weighted by atomic mass is 15.2. The fourth-order valence-corrected chi connectivity index (χ4v) is 6.39. The molecule has 3 aromatic carbocycles. The standard InChI is InChI=1S/C30H31N2/c1-22-13-9-12-20-28(22)31-21-32-29(23(31)2)26-18-10-11-19-27(26)30(32,24-14-5-3-6-15-24)25-16-7-4-8-17-25/h3,5-6,9-15,18-21,25H,4,7-8,16-17H2,1-2H3/q+1/i21D. The SMILES string of the molecule is [2H]c1n2c(c(C)[n+]1-c1ccccc1C)-c1ccccc1C2(c1ccccc1)C1CCCCC1. The van der Waals surface area contributed by atoms with Crippen molar-refractivity contribution in [1.82, 2.24) is 4.57 Å². The number of aromatic nitrogens is 2. The van der Waals surface area contributed by atoms with E-state index in [-0.39, 0.29) is 5.54 Å². The first-order valence-electron chi connectivity index (χ1n) is 12.5. The second-order valence-corrected chi connectivity index (χ2v) is 9.50. The number of aryl methyl sites for hydroxylation is 1. The lowest BCUT2D eigenvalue weighted by Crippen LogP contribution is -2.43. The van der Waals surface area contributed by atoms with Crippen LogP contribution in [0.4, 0.5) is 0 Å². The number of benzene rings is 3. The van der Waals surface area contributed by atoms with Gasteiger partial charge in [-0.3, -0.25) is 0 Å². The zero-order chi connectivity index (χ0) is 22.6. The quantitative estimate of drug-likeness (QED) is 0.325. The number of hydrogen-bond donors (Lipinski definition) is 0. The molecule has 0 bridgehead atoms. The molecule has 2 aliphatic rings. The van der Waals surface area contributed by atoms with E-state index in [1.807, 2.05) is 0 Å². The van der Waals surface area contributed by atoms with E-state index in [2.05, 4.69) is 102 Å². The first-order chi connectivity index (χ1) is 16.2. The summed E-state index contributed by atoms with van der Waals surface area (Å²) in [6, 6.07) is 28.4. The number of para-hydroxylation sites is 1. The molecule has 32 heavy (non-hydrogen) atoms. The van der Waals surface area contributed by atoms with E-state index in [1.54, 1.807) is 0 Å². The van der Waals surface area contributed by atoms with E-state index < -0.39 is 0 Å². The monoisotopic (exact) mass is 420 g/mol. The van der Waals surface area contributed by atoms with Gasteiger partial charge in [0.2, 0.25) is 0 Å². The Morgan fingerprint density at radius 3 is 2.31 bits per heavy atom. The molecular formula is C30H31N2+. The van der Waals surface area contributed by atoms with Crippen molar-refractivity contribution >= 4 is 0 Å². The molecule has 160 valence electrons. The number of imidazole rings is 1. The van der Waals surface area contributed by atoms with E-state index in [0.717, 1.165) is 11.4 Å². The van der Waals surface area contributed by atoms with Crippen molar-refractivity contribution in [3.8, 4) is 16.9 Å². The van der Waals surface area contributed by atoms with Gasteiger partial charge in [0.25, 0.3) is 6.30 Å². The van der Waals surface area contributed by atoms with Gasteiger partial charge in [-0.1, -0.05) is 92.1 Å². The summed E-state index contributed by atoms with van der Waals surface area (Å²) in [7, 11) is 0. The van der Waals surface area contributed by atoms with Crippen molar-refractivity contribution in [3.63, 3.8) is 0 Å². The topological polar surface area (TPSA) is 8.81 Å². The van der Waals surface area contributed by atoms with Gasteiger partial charge in [0.05, 0.1) is 0 Å². The summed E-state index contributed by atoms with van der Waals surface area (Å²) < 4.78 is 14.2. The van der Waals surface area contributed by atoms with E-state index in [9.17, 15) is 1.37 Å². The van der Waals surface area contributed by atoms with Gasteiger partial charge in [0.15, 0.2) is 18.3 Å². The predicted octanol–water partition coefficient (Wildman–Crippen LogP) is 6.73. The zero-order valence-electron chi connectivity index (χ0n) is 20.0. The van der Waals surface area contributed by atoms with E-state index in [4.69, 9.17) is 0 Å². The summed E-state index contributed by atoms with van der Waals surface area (Å²) in [6.07, 6.45) is 6.82. The van der Waals surface area contributed by atoms with Crippen LogP contribution in [0, 0.1) is 19.8 Å². The van der Waals surface area contributed by atoms with Crippen molar-refractivity contribution < 1.29 is 5.94 Å². The van der Waals surface area contributed by atoms with Crippen LogP contribution in [0.1, 0.15) is 55.9 Å². The van der Waals surface area contributed by atoms with Crippen LogP contribution in [0.2, 0.25) is 0 Å². The normalized spacial score (nSPS) is 20.6. The zero-order valence-corrected chi connectivity index (χ0v) is 19.0. The molecule has 2 heterocycles. The van der Waals surface area contributed by atoms with Crippen LogP contribution in [0.3, 0.4) is 0 Å². The van der Waals surface area contributed by atoms with Crippen LogP contribution < -0.4 is 4.57 Å². The largest absolute Gasteiger partial charge is 0.250 e. The molecule has 1 saturated carbocycles. The van der Waals surface area contributed by atoms with Crippen LogP contribution in [0.15, 0.2) is 85.2 Å². The lowest BCUT2D eigenvalue weighted by molar-refractivity contribution is -0.602. The third-order valence-electron chi connectivity index (χ3n) is 7.81. The molecule has 6 rings (SSSR count). The molecule has 1 aliphatic heterocycles. The fraction of sp³-hybridized carbons (Fsp3) is 0.300. The van der Waals surface area contributed by atoms with Gasteiger partial charge in [-0.15, -0.1) is 0 Å². The molecule has 1 aliphatic carbocycles. The highest BCUT2D eigenvalue weighted by Gasteiger charge is 2.55. The molecule has 4 aromatic rings. The van der Waals surface area contributed by atoms with Crippen molar-refractivity contribution in [2.24, 2.45) is 5.92 Å². The minimum absolute atomic E-state index is 0.344. The molecule has 0 radical (unpaired) electrons. The Labute approximate surface area is 192 Å². The maximum absolute atomic E-state index is 9.61. The van der Waals surface area contributed by atoms with Crippen LogP contribution >= 0.6 is 0 Å². The van der Waals surface area contributed by atoms with Gasteiger partial charge in [-0.25, -0.2) is 4.57 Å². The summed E-state index contributed by atoms with van der Waals surface area (Å²) in [4.78, 5) is 0. The van der Waals surface area contributed by atoms with E-state index >= 15 is 0 Å². The number of nitrogens with zero attached hydrogens (tertiary/aromatic N) is 2. The molecule has 2 heteroatoms. The van der Waals surface area contributed by atoms with Crippen molar-refractivity contribution in [1.29, 1.82) is 0 Å². The fourth-order valence-electron chi connectivity index (χ4n) is 6.39. The molecule has 0 saturated heterocycles. The van der Waals surface area contributed by atoms with E-state index in [0.29, 0.717) is 12.2 Å². The Bertz CT molecular complexity index is 1330. The summed E-state index contributed by atoms with van der Waals surface area (Å²) in [5.41, 5.74) is 8.26. The van der Waals surface area contributed by atoms with Gasteiger partial charge >= 0.3 is 0 Å². The molecule has 1 unspecified atom stereocenters. The Morgan fingerprint density at radius 1 is 0.844 bits per heavy atom. The number of rotatable bonds is 3. The molecule has 2 nitrogen and oxygen atoms in total. The van der Waals surface area contributed by atoms with Crippen LogP contribution in [-0.2, 0) is 5.54 Å². The number of fused-ring (bicyclic) bond motifs is 3. The first-order valence-corrected chi connectivity index (χ1v) is 12.0. The van der Waals surface area contributed by atoms with E-state index in [1.165, 1.54) is 60.1 Å². The minimum atomic E-state index is -0.344. The molecule has 0 N–H and O–H groups in total. The van der Waals surface area contributed by atoms with Gasteiger partial charge in [0.1, 0.15) is 5.69 Å². The molecule has 1 fully saturated rings. The Morgan fingerprint density at radius 2 is 1.53 bits per heavy atom. The van der Waals surface area contributed by atoms with Crippen molar-refractivity contribution in [3.05, 3.63) is 108 Å². The minimum Gasteiger partial charge on any atom is -0.215 e. The van der Waals surface area contributed by atoms with Crippen LogP contribution in [0.25, 0.3) is 16.9 Å². The van der Waals surface area contributed by atoms with Gasteiger partial charge in [0, 0.05) is 29.5 Å². The van der Waals surface area contributed by atoms with Crippen LogP contribution in [-0.4, -0.2) is 4.57 Å². The summed E-state index contributed by atoms with van der Waals surface area (Å²) in [6.45, 7) is 4.33. The average molecular weight is 421 g/mol. The average Bonchev–Trinajstić information content (AvgIpc) is 3.31. The van der Waals surface area contributed by atoms with Gasteiger partial charge in [-0.2, -0.15) is 4.57 Å². The molecule has 1 atom stereocenters. The maximum atomic E-state index is 9.61. The third kappa shape index (κ3) is 2.62. The summed E-state index contributed by atoms with van der Waals surface area (Å²) >= 11 is 0. The second kappa shape index (κ2) is 7.48. The Kier molecular flexibility index (Phi) is 4.31. The smallest absolute Gasteiger partial charge is 0.215 e. The predicted molar refractivity (Wildman–Crippen MR) is 130 cm³/mol. The molecular weight excluding hydrogens is 388 g/mol. The lowest BCUT2D eigenvalue weighted by Gasteiger charge is -2.39. The molecule has 0 spiro atoms. The Balaban J connectivity index is 1.75. The molecule has 0 amide bonds. The highest BCUT2D eigenvalue weighted by molar-refractivity contribution is 5.75. The number of hydrogen-bond acceptors (Lipinski definition) is 0. The Hall–Kier alpha value is -3.13. The third-order valence-corrected chi connectivity index (χ3v) is 7.81. The lowest BCUT2D eigenvalue weighted by atomic mass is 9.67. The van der Waals surface area contributed by atoms with Gasteiger partial charge < -0.3 is 0 Å². The summed E-state index contributed by atoms with van der Waals surface area (Å²) in [5, 5.41) is 0. The van der Waals surface area contributed by atoms with Crippen LogP contribution in [0.5, 0.6) is 0 Å². The van der Waals surface area contributed by atoms with Crippen molar-refractivity contribution in [2.75, 3.05) is 0 Å². The molecule has 1 aromatic heterocycles. The highest BCUT2D eigenvalue weighted by Crippen LogP contribution is 2.55. The van der Waals surface area contributed by atoms with Crippen molar-refractivity contribution in [2.45, 2.75) is 51.5 Å². The maximum Gasteiger partial charge on any atom is 0.250 e.